The molecule has 0 radical (unpaired) electrons. The van der Waals surface area contributed by atoms with Crippen molar-refractivity contribution in [2.24, 2.45) is 4.99 Å². The van der Waals surface area contributed by atoms with E-state index in [1.54, 1.807) is 6.08 Å². The second-order valence-corrected chi connectivity index (χ2v) is 5.62. The lowest BCUT2D eigenvalue weighted by Gasteiger charge is -2.03. The fraction of sp³-hybridized carbons (Fsp3) is 0.158. The van der Waals surface area contributed by atoms with Gasteiger partial charge >= 0.3 is 5.97 Å². The van der Waals surface area contributed by atoms with Crippen molar-refractivity contribution in [3.8, 4) is 0 Å². The number of benzene rings is 2. The van der Waals surface area contributed by atoms with Gasteiger partial charge in [-0.3, -0.25) is 0 Å². The maximum Gasteiger partial charge on any atom is 0.363 e. The van der Waals surface area contributed by atoms with Crippen molar-refractivity contribution in [1.82, 2.24) is 0 Å². The van der Waals surface area contributed by atoms with Crippen molar-refractivity contribution in [3.05, 3.63) is 76.0 Å². The number of nitrogens with zero attached hydrogens (tertiary/aromatic N) is 1. The molecule has 3 rings (SSSR count). The Balaban J connectivity index is 1.95. The number of aliphatic imine (C=N–C) groups is 1. The summed E-state index contributed by atoms with van der Waals surface area (Å²) in [4.78, 5) is 16.3. The van der Waals surface area contributed by atoms with E-state index in [-0.39, 0.29) is 0 Å². The monoisotopic (exact) mass is 291 g/mol. The Kier molecular flexibility index (Phi) is 3.63. The van der Waals surface area contributed by atoms with E-state index in [4.69, 9.17) is 4.74 Å². The molecular formula is C19H17NO2. The Morgan fingerprint density at radius 3 is 2.18 bits per heavy atom. The molecule has 1 aliphatic rings. The number of carbonyl (C=O) groups excluding carboxylic acids is 1. The fourth-order valence-corrected chi connectivity index (χ4v) is 2.45. The first-order valence-electron chi connectivity index (χ1n) is 7.19. The van der Waals surface area contributed by atoms with Gasteiger partial charge in [-0.1, -0.05) is 47.0 Å². The molecule has 3 heteroatoms. The average Bonchev–Trinajstić information content (AvgIpc) is 2.82. The zero-order valence-corrected chi connectivity index (χ0v) is 12.9. The van der Waals surface area contributed by atoms with Gasteiger partial charge in [-0.15, -0.1) is 0 Å². The third kappa shape index (κ3) is 2.98. The third-order valence-corrected chi connectivity index (χ3v) is 3.47. The molecular weight excluding hydrogens is 274 g/mol. The largest absolute Gasteiger partial charge is 0.402 e. The average molecular weight is 291 g/mol. The number of carbonyl (C=O) groups is 1. The number of hydrogen-bond donors (Lipinski definition) is 0. The van der Waals surface area contributed by atoms with Crippen LogP contribution in [0.1, 0.15) is 27.8 Å². The van der Waals surface area contributed by atoms with Crippen LogP contribution in [0.25, 0.3) is 6.08 Å². The van der Waals surface area contributed by atoms with Crippen LogP contribution in [-0.2, 0) is 9.53 Å². The summed E-state index contributed by atoms with van der Waals surface area (Å²) in [6.07, 6.45) is 1.75. The summed E-state index contributed by atoms with van der Waals surface area (Å²) in [6, 6.07) is 13.9. The highest BCUT2D eigenvalue weighted by molar-refractivity contribution is 6.12. The molecule has 2 aromatic rings. The number of aryl methyl sites for hydroxylation is 3. The molecule has 0 bridgehead atoms. The van der Waals surface area contributed by atoms with Gasteiger partial charge in [-0.2, -0.15) is 0 Å². The molecule has 3 nitrogen and oxygen atoms in total. The molecule has 110 valence electrons. The van der Waals surface area contributed by atoms with Gasteiger partial charge in [0, 0.05) is 5.56 Å². The highest BCUT2D eigenvalue weighted by Gasteiger charge is 2.24. The van der Waals surface area contributed by atoms with Crippen LogP contribution in [-0.4, -0.2) is 11.9 Å². The number of cyclic esters (lactones) is 1. The van der Waals surface area contributed by atoms with Gasteiger partial charge in [0.15, 0.2) is 5.70 Å². The molecule has 0 fully saturated rings. The molecule has 0 saturated carbocycles. The zero-order chi connectivity index (χ0) is 15.7. The minimum absolute atomic E-state index is 0.331. The molecule has 0 amide bonds. The Labute approximate surface area is 130 Å². The van der Waals surface area contributed by atoms with Gasteiger partial charge in [0.2, 0.25) is 5.90 Å². The van der Waals surface area contributed by atoms with E-state index in [9.17, 15) is 4.79 Å². The molecule has 0 saturated heterocycles. The van der Waals surface area contributed by atoms with E-state index in [0.29, 0.717) is 11.6 Å². The molecule has 0 atom stereocenters. The normalized spacial score (nSPS) is 15.9. The third-order valence-electron chi connectivity index (χ3n) is 3.47. The van der Waals surface area contributed by atoms with Gasteiger partial charge in [-0.25, -0.2) is 9.79 Å². The summed E-state index contributed by atoms with van der Waals surface area (Å²) >= 11 is 0. The molecule has 1 heterocycles. The summed E-state index contributed by atoms with van der Waals surface area (Å²) in [5.41, 5.74) is 5.50. The lowest BCUT2D eigenvalue weighted by molar-refractivity contribution is -0.129. The predicted molar refractivity (Wildman–Crippen MR) is 87.7 cm³/mol. The molecule has 22 heavy (non-hydrogen) atoms. The summed E-state index contributed by atoms with van der Waals surface area (Å²) in [5.74, 6) is -0.0371. The molecule has 0 aromatic heterocycles. The number of hydrogen-bond acceptors (Lipinski definition) is 3. The van der Waals surface area contributed by atoms with E-state index in [0.717, 1.165) is 22.3 Å². The minimum Gasteiger partial charge on any atom is -0.402 e. The van der Waals surface area contributed by atoms with E-state index in [2.05, 4.69) is 11.1 Å². The lowest BCUT2D eigenvalue weighted by Crippen LogP contribution is -2.05. The summed E-state index contributed by atoms with van der Waals surface area (Å²) in [7, 11) is 0. The van der Waals surface area contributed by atoms with E-state index < -0.39 is 5.97 Å². The lowest BCUT2D eigenvalue weighted by atomic mass is 10.1. The Morgan fingerprint density at radius 2 is 1.55 bits per heavy atom. The molecule has 2 aromatic carbocycles. The standard InChI is InChI=1S/C19H17NO2/c1-12-4-6-15(7-5-12)11-17-19(21)22-18(20-17)16-9-13(2)8-14(3)10-16/h4-11H,1-3H3/b17-11-. The van der Waals surface area contributed by atoms with E-state index in [1.165, 1.54) is 5.56 Å². The number of esters is 1. The van der Waals surface area contributed by atoms with Gasteiger partial charge in [0.05, 0.1) is 0 Å². The van der Waals surface area contributed by atoms with Crippen LogP contribution < -0.4 is 0 Å². The van der Waals surface area contributed by atoms with Crippen LogP contribution in [0.3, 0.4) is 0 Å². The van der Waals surface area contributed by atoms with Gasteiger partial charge < -0.3 is 4.74 Å². The first-order chi connectivity index (χ1) is 10.5. The molecule has 0 spiro atoms. The summed E-state index contributed by atoms with van der Waals surface area (Å²) in [5, 5.41) is 0. The molecule has 0 unspecified atom stereocenters. The SMILES string of the molecule is Cc1ccc(/C=C2\N=C(c3cc(C)cc(C)c3)OC2=O)cc1. The summed E-state index contributed by atoms with van der Waals surface area (Å²) < 4.78 is 5.31. The predicted octanol–water partition coefficient (Wildman–Crippen LogP) is 3.96. The van der Waals surface area contributed by atoms with Crippen LogP contribution in [0.4, 0.5) is 0 Å². The number of rotatable bonds is 2. The number of ether oxygens (including phenoxy) is 1. The van der Waals surface area contributed by atoms with Crippen molar-refractivity contribution in [2.75, 3.05) is 0 Å². The first kappa shape index (κ1) is 14.3. The maximum atomic E-state index is 12.0. The Bertz CT molecular complexity index is 778. The van der Waals surface area contributed by atoms with E-state index >= 15 is 0 Å². The van der Waals surface area contributed by atoms with Crippen LogP contribution in [0.15, 0.2) is 53.2 Å². The minimum atomic E-state index is -0.408. The zero-order valence-electron chi connectivity index (χ0n) is 12.9. The highest BCUT2D eigenvalue weighted by atomic mass is 16.6. The van der Waals surface area contributed by atoms with Gasteiger partial charge in [0.1, 0.15) is 0 Å². The van der Waals surface area contributed by atoms with Crippen LogP contribution >= 0.6 is 0 Å². The smallest absolute Gasteiger partial charge is 0.363 e. The second-order valence-electron chi connectivity index (χ2n) is 5.62. The second kappa shape index (κ2) is 5.60. The van der Waals surface area contributed by atoms with E-state index in [1.807, 2.05) is 57.2 Å². The van der Waals surface area contributed by atoms with Gasteiger partial charge in [0.25, 0.3) is 0 Å². The van der Waals surface area contributed by atoms with Crippen molar-refractivity contribution in [3.63, 3.8) is 0 Å². The molecule has 0 N–H and O–H groups in total. The molecule has 1 aliphatic heterocycles. The highest BCUT2D eigenvalue weighted by Crippen LogP contribution is 2.20. The fourth-order valence-electron chi connectivity index (χ4n) is 2.45. The van der Waals surface area contributed by atoms with Crippen LogP contribution in [0.5, 0.6) is 0 Å². The Morgan fingerprint density at radius 1 is 0.909 bits per heavy atom. The topological polar surface area (TPSA) is 38.7 Å². The van der Waals surface area contributed by atoms with Crippen LogP contribution in [0, 0.1) is 20.8 Å². The van der Waals surface area contributed by atoms with Crippen molar-refractivity contribution in [1.29, 1.82) is 0 Å². The quantitative estimate of drug-likeness (QED) is 0.620. The molecule has 0 aliphatic carbocycles. The van der Waals surface area contributed by atoms with Crippen LogP contribution in [0.2, 0.25) is 0 Å². The van der Waals surface area contributed by atoms with Crippen molar-refractivity contribution in [2.45, 2.75) is 20.8 Å². The Hall–Kier alpha value is -2.68. The van der Waals surface area contributed by atoms with Crippen molar-refractivity contribution < 1.29 is 9.53 Å². The maximum absolute atomic E-state index is 12.0. The first-order valence-corrected chi connectivity index (χ1v) is 7.19. The van der Waals surface area contributed by atoms with Crippen molar-refractivity contribution >= 4 is 17.9 Å². The summed E-state index contributed by atoms with van der Waals surface area (Å²) in [6.45, 7) is 6.05. The van der Waals surface area contributed by atoms with Gasteiger partial charge in [-0.05, 0) is 44.5 Å².